The van der Waals surface area contributed by atoms with E-state index >= 15 is 0 Å². The van der Waals surface area contributed by atoms with Crippen molar-refractivity contribution in [2.24, 2.45) is 5.92 Å². The van der Waals surface area contributed by atoms with Crippen molar-refractivity contribution in [3.8, 4) is 12.3 Å². The molecule has 4 atom stereocenters. The number of fused-ring (bicyclic) bond motifs is 2. The fraction of sp³-hybridized carbons (Fsp3) is 0.367. The SMILES string of the molecule is C#C[C@H](C)n1nnc2ccc(Nc3ncc(N4CCC[C@H](C(=O)O)C4)c(N[C@H]4c5ccccc5C[C@]4(C)O)n3)cc21. The minimum absolute atomic E-state index is 0.261. The molecule has 0 bridgehead atoms. The van der Waals surface area contributed by atoms with Gasteiger partial charge in [-0.1, -0.05) is 35.4 Å². The van der Waals surface area contributed by atoms with E-state index in [1.807, 2.05) is 61.2 Å². The standard InChI is InChI=1S/C30H32N8O3/c1-4-18(2)38-24-14-21(11-12-23(24)35-36-38)32-29-31-16-25(37-13-7-9-20(17-37)28(39)40)27(34-29)33-26-22-10-6-5-8-19(22)15-30(26,3)41/h1,5-6,8,10-12,14,16,18,20,26,41H,7,9,13,15,17H2,2-3H3,(H,39,40)(H2,31,32,33,34)/t18-,20-,26-,30-/m0/s1. The van der Waals surface area contributed by atoms with Gasteiger partial charge in [-0.3, -0.25) is 4.79 Å². The van der Waals surface area contributed by atoms with Crippen molar-refractivity contribution < 1.29 is 15.0 Å². The normalized spacial score (nSPS) is 22.6. The number of aliphatic hydroxyl groups is 1. The third-order valence-electron chi connectivity index (χ3n) is 8.03. The summed E-state index contributed by atoms with van der Waals surface area (Å²) in [5.41, 5.74) is 3.96. The number of hydrogen-bond acceptors (Lipinski definition) is 9. The van der Waals surface area contributed by atoms with E-state index in [2.05, 4.69) is 31.9 Å². The summed E-state index contributed by atoms with van der Waals surface area (Å²) < 4.78 is 1.69. The zero-order chi connectivity index (χ0) is 28.7. The van der Waals surface area contributed by atoms with Crippen LogP contribution in [0.15, 0.2) is 48.7 Å². The first-order chi connectivity index (χ1) is 19.7. The molecule has 0 radical (unpaired) electrons. The summed E-state index contributed by atoms with van der Waals surface area (Å²) in [6, 6.07) is 12.9. The lowest BCUT2D eigenvalue weighted by atomic mass is 9.97. The maximum absolute atomic E-state index is 11.8. The van der Waals surface area contributed by atoms with Crippen LogP contribution in [0.2, 0.25) is 0 Å². The van der Waals surface area contributed by atoms with Crippen molar-refractivity contribution in [3.63, 3.8) is 0 Å². The molecule has 6 rings (SSSR count). The quantitative estimate of drug-likeness (QED) is 0.249. The Morgan fingerprint density at radius 3 is 2.90 bits per heavy atom. The molecule has 2 aromatic carbocycles. The predicted molar refractivity (Wildman–Crippen MR) is 156 cm³/mol. The second-order valence-electron chi connectivity index (χ2n) is 11.1. The minimum atomic E-state index is -1.05. The van der Waals surface area contributed by atoms with Gasteiger partial charge >= 0.3 is 5.97 Å². The Kier molecular flexibility index (Phi) is 6.71. The molecule has 210 valence electrons. The molecule has 2 aliphatic rings. The van der Waals surface area contributed by atoms with Crippen LogP contribution in [0.25, 0.3) is 11.0 Å². The predicted octanol–water partition coefficient (Wildman–Crippen LogP) is 3.92. The van der Waals surface area contributed by atoms with Gasteiger partial charge in [-0.2, -0.15) is 4.98 Å². The fourth-order valence-corrected chi connectivity index (χ4v) is 5.84. The molecule has 0 saturated carbocycles. The van der Waals surface area contributed by atoms with Gasteiger partial charge in [0.25, 0.3) is 0 Å². The summed E-state index contributed by atoms with van der Waals surface area (Å²) in [5.74, 6) is 2.26. The highest BCUT2D eigenvalue weighted by Crippen LogP contribution is 2.42. The average Bonchev–Trinajstić information content (AvgIpc) is 3.50. The van der Waals surface area contributed by atoms with Crippen molar-refractivity contribution in [1.29, 1.82) is 0 Å². The lowest BCUT2D eigenvalue weighted by Gasteiger charge is -2.35. The van der Waals surface area contributed by atoms with E-state index in [4.69, 9.17) is 11.4 Å². The van der Waals surface area contributed by atoms with E-state index in [9.17, 15) is 15.0 Å². The number of terminal acetylenes is 1. The Labute approximate surface area is 237 Å². The smallest absolute Gasteiger partial charge is 0.308 e. The lowest BCUT2D eigenvalue weighted by molar-refractivity contribution is -0.141. The highest BCUT2D eigenvalue weighted by Gasteiger charge is 2.42. The van der Waals surface area contributed by atoms with Gasteiger partial charge < -0.3 is 25.7 Å². The maximum atomic E-state index is 11.8. The monoisotopic (exact) mass is 552 g/mol. The molecule has 1 aliphatic carbocycles. The van der Waals surface area contributed by atoms with Gasteiger partial charge in [-0.25, -0.2) is 9.67 Å². The van der Waals surface area contributed by atoms with Crippen LogP contribution in [-0.4, -0.2) is 59.8 Å². The Bertz CT molecular complexity index is 1660. The number of rotatable bonds is 7. The van der Waals surface area contributed by atoms with Gasteiger partial charge in [0, 0.05) is 25.2 Å². The van der Waals surface area contributed by atoms with Crippen molar-refractivity contribution in [2.75, 3.05) is 28.6 Å². The van der Waals surface area contributed by atoms with E-state index in [1.165, 1.54) is 0 Å². The number of carboxylic acid groups (broad SMARTS) is 1. The molecule has 4 aromatic rings. The molecule has 3 heterocycles. The van der Waals surface area contributed by atoms with E-state index < -0.39 is 23.5 Å². The zero-order valence-corrected chi connectivity index (χ0v) is 22.9. The van der Waals surface area contributed by atoms with Gasteiger partial charge in [0.15, 0.2) is 5.82 Å². The Balaban J connectivity index is 1.36. The molecule has 11 nitrogen and oxygen atoms in total. The molecule has 1 saturated heterocycles. The minimum Gasteiger partial charge on any atom is -0.481 e. The lowest BCUT2D eigenvalue weighted by Crippen LogP contribution is -2.40. The Hall–Kier alpha value is -4.69. The molecule has 11 heteroatoms. The van der Waals surface area contributed by atoms with Crippen molar-refractivity contribution in [3.05, 3.63) is 59.8 Å². The Morgan fingerprint density at radius 1 is 1.27 bits per heavy atom. The number of nitrogens with one attached hydrogen (secondary N) is 2. The summed E-state index contributed by atoms with van der Waals surface area (Å²) in [4.78, 5) is 23.3. The molecule has 1 aliphatic heterocycles. The number of anilines is 4. The van der Waals surface area contributed by atoms with Crippen LogP contribution in [0, 0.1) is 18.3 Å². The molecule has 0 unspecified atom stereocenters. The first-order valence-corrected chi connectivity index (χ1v) is 13.7. The molecular weight excluding hydrogens is 520 g/mol. The van der Waals surface area contributed by atoms with Gasteiger partial charge in [-0.05, 0) is 56.0 Å². The van der Waals surface area contributed by atoms with Crippen LogP contribution in [-0.2, 0) is 11.2 Å². The number of carbonyl (C=O) groups is 1. The largest absolute Gasteiger partial charge is 0.481 e. The first-order valence-electron chi connectivity index (χ1n) is 13.7. The van der Waals surface area contributed by atoms with Crippen molar-refractivity contribution in [2.45, 2.75) is 50.8 Å². The molecule has 1 fully saturated rings. The highest BCUT2D eigenvalue weighted by molar-refractivity contribution is 5.80. The van der Waals surface area contributed by atoms with E-state index in [-0.39, 0.29) is 6.04 Å². The van der Waals surface area contributed by atoms with Crippen LogP contribution in [0.3, 0.4) is 0 Å². The summed E-state index contributed by atoms with van der Waals surface area (Å²) in [6.07, 6.45) is 9.21. The molecule has 2 aromatic heterocycles. The van der Waals surface area contributed by atoms with Crippen LogP contribution in [0.4, 0.5) is 23.1 Å². The topological polar surface area (TPSA) is 141 Å². The number of piperidine rings is 1. The number of hydrogen-bond donors (Lipinski definition) is 4. The highest BCUT2D eigenvalue weighted by atomic mass is 16.4. The second kappa shape index (κ2) is 10.4. The van der Waals surface area contributed by atoms with Crippen molar-refractivity contribution >= 4 is 40.1 Å². The van der Waals surface area contributed by atoms with Crippen LogP contribution in [0.5, 0.6) is 0 Å². The van der Waals surface area contributed by atoms with E-state index in [0.717, 1.165) is 34.3 Å². The van der Waals surface area contributed by atoms with Crippen LogP contribution < -0.4 is 15.5 Å². The van der Waals surface area contributed by atoms with E-state index in [1.54, 1.807) is 10.9 Å². The van der Waals surface area contributed by atoms with Crippen molar-refractivity contribution in [1.82, 2.24) is 25.0 Å². The molecular formula is C30H32N8O3. The van der Waals surface area contributed by atoms with Gasteiger partial charge in [0.1, 0.15) is 11.6 Å². The third kappa shape index (κ3) is 5.02. The van der Waals surface area contributed by atoms with Crippen LogP contribution >= 0.6 is 0 Å². The fourth-order valence-electron chi connectivity index (χ4n) is 5.84. The summed E-state index contributed by atoms with van der Waals surface area (Å²) >= 11 is 0. The third-order valence-corrected chi connectivity index (χ3v) is 8.03. The van der Waals surface area contributed by atoms with Gasteiger partial charge in [0.2, 0.25) is 5.95 Å². The Morgan fingerprint density at radius 2 is 2.10 bits per heavy atom. The summed E-state index contributed by atoms with van der Waals surface area (Å²) in [7, 11) is 0. The molecule has 4 N–H and O–H groups in total. The molecule has 0 amide bonds. The van der Waals surface area contributed by atoms with Crippen LogP contribution in [0.1, 0.15) is 49.9 Å². The zero-order valence-electron chi connectivity index (χ0n) is 22.9. The number of aromatic nitrogens is 5. The number of aliphatic carboxylic acids is 1. The maximum Gasteiger partial charge on any atom is 0.308 e. The van der Waals surface area contributed by atoms with E-state index in [0.29, 0.717) is 43.4 Å². The first kappa shape index (κ1) is 26.5. The van der Waals surface area contributed by atoms with Gasteiger partial charge in [-0.15, -0.1) is 11.5 Å². The molecule has 41 heavy (non-hydrogen) atoms. The molecule has 0 spiro atoms. The second-order valence-corrected chi connectivity index (χ2v) is 11.1. The number of carboxylic acids is 1. The summed E-state index contributed by atoms with van der Waals surface area (Å²) in [5, 5.41) is 36.2. The average molecular weight is 553 g/mol. The van der Waals surface area contributed by atoms with Gasteiger partial charge in [0.05, 0.1) is 35.0 Å². The summed E-state index contributed by atoms with van der Waals surface area (Å²) in [6.45, 7) is 4.74. The number of nitrogens with zero attached hydrogens (tertiary/aromatic N) is 6. The number of benzene rings is 2.